The molecule has 1 aromatic heterocycles. The van der Waals surface area contributed by atoms with Crippen molar-refractivity contribution in [2.24, 2.45) is 0 Å². The monoisotopic (exact) mass is 479 g/mol. The van der Waals surface area contributed by atoms with Crippen LogP contribution in [0, 0.1) is 10.1 Å². The number of aromatic nitrogens is 2. The fourth-order valence-electron chi connectivity index (χ4n) is 3.37. The minimum atomic E-state index is -0.563. The van der Waals surface area contributed by atoms with Crippen LogP contribution in [0.1, 0.15) is 43.7 Å². The molecule has 0 aliphatic heterocycles. The number of carbonyl (C=O) groups is 2. The zero-order chi connectivity index (χ0) is 25.8. The highest BCUT2D eigenvalue weighted by Crippen LogP contribution is 2.27. The highest BCUT2D eigenvalue weighted by Gasteiger charge is 2.23. The number of nitrogens with zero attached hydrogens (tertiary/aromatic N) is 4. The van der Waals surface area contributed by atoms with Crippen molar-refractivity contribution in [2.45, 2.75) is 33.1 Å². The Morgan fingerprint density at radius 2 is 1.83 bits per heavy atom. The molecule has 3 rings (SSSR count). The molecule has 35 heavy (non-hydrogen) atoms. The van der Waals surface area contributed by atoms with Gasteiger partial charge in [0.05, 0.1) is 23.4 Å². The molecule has 0 atom stereocenters. The van der Waals surface area contributed by atoms with Crippen molar-refractivity contribution in [3.8, 4) is 11.4 Å². The van der Waals surface area contributed by atoms with E-state index in [2.05, 4.69) is 10.4 Å². The van der Waals surface area contributed by atoms with Crippen LogP contribution >= 0.6 is 0 Å². The molecule has 2 aromatic carbocycles. The zero-order valence-electron chi connectivity index (χ0n) is 20.4. The zero-order valence-corrected chi connectivity index (χ0v) is 20.4. The summed E-state index contributed by atoms with van der Waals surface area (Å²) < 4.78 is 6.86. The first-order chi connectivity index (χ1) is 16.5. The summed E-state index contributed by atoms with van der Waals surface area (Å²) in [4.78, 5) is 37.7. The Kier molecular flexibility index (Phi) is 7.53. The first kappa shape index (κ1) is 25.4. The van der Waals surface area contributed by atoms with Gasteiger partial charge in [-0.05, 0) is 37.3 Å². The highest BCUT2D eigenvalue weighted by atomic mass is 16.6. The second kappa shape index (κ2) is 10.4. The average molecular weight is 480 g/mol. The number of amides is 2. The first-order valence-electron chi connectivity index (χ1n) is 11.1. The van der Waals surface area contributed by atoms with E-state index in [1.54, 1.807) is 36.9 Å². The highest BCUT2D eigenvalue weighted by molar-refractivity contribution is 5.99. The number of carbonyl (C=O) groups excluding carboxylic acids is 2. The van der Waals surface area contributed by atoms with Crippen LogP contribution in [0.4, 0.5) is 11.5 Å². The van der Waals surface area contributed by atoms with Crippen molar-refractivity contribution in [1.29, 1.82) is 0 Å². The van der Waals surface area contributed by atoms with Gasteiger partial charge in [0, 0.05) is 35.7 Å². The van der Waals surface area contributed by atoms with E-state index in [4.69, 9.17) is 4.74 Å². The topological polar surface area (TPSA) is 120 Å². The maximum Gasteiger partial charge on any atom is 0.270 e. The van der Waals surface area contributed by atoms with E-state index in [1.165, 1.54) is 29.2 Å². The van der Waals surface area contributed by atoms with Crippen molar-refractivity contribution in [1.82, 2.24) is 14.7 Å². The van der Waals surface area contributed by atoms with Crippen LogP contribution in [0.2, 0.25) is 0 Å². The SMILES string of the molecule is CCN(CC(=O)Nc1cc(C(C)(C)C)nn1-c1ccc(OC)cc1)C(=O)c1cccc([N+](=O)[O-])c1. The number of hydrogen-bond acceptors (Lipinski definition) is 6. The van der Waals surface area contributed by atoms with E-state index < -0.39 is 16.7 Å². The third kappa shape index (κ3) is 6.03. The van der Waals surface area contributed by atoms with E-state index in [0.717, 1.165) is 11.4 Å². The lowest BCUT2D eigenvalue weighted by Crippen LogP contribution is -2.38. The van der Waals surface area contributed by atoms with E-state index in [9.17, 15) is 19.7 Å². The lowest BCUT2D eigenvalue weighted by molar-refractivity contribution is -0.384. The molecule has 1 N–H and O–H groups in total. The van der Waals surface area contributed by atoms with Gasteiger partial charge >= 0.3 is 0 Å². The number of likely N-dealkylation sites (N-methyl/N-ethyl adjacent to an activating group) is 1. The van der Waals surface area contributed by atoms with Crippen LogP contribution in [-0.2, 0) is 10.2 Å². The van der Waals surface area contributed by atoms with Gasteiger partial charge in [-0.2, -0.15) is 5.10 Å². The second-order valence-corrected chi connectivity index (χ2v) is 8.95. The number of ether oxygens (including phenoxy) is 1. The van der Waals surface area contributed by atoms with Crippen LogP contribution in [0.25, 0.3) is 5.69 Å². The molecule has 2 amide bonds. The van der Waals surface area contributed by atoms with Crippen molar-refractivity contribution < 1.29 is 19.2 Å². The average Bonchev–Trinajstić information content (AvgIpc) is 3.26. The molecule has 10 heteroatoms. The van der Waals surface area contributed by atoms with Gasteiger partial charge in [-0.25, -0.2) is 4.68 Å². The summed E-state index contributed by atoms with van der Waals surface area (Å²) in [6, 6.07) is 14.5. The van der Waals surface area contributed by atoms with Gasteiger partial charge in [0.2, 0.25) is 5.91 Å². The number of non-ortho nitro benzene ring substituents is 1. The Labute approximate surface area is 203 Å². The van der Waals surface area contributed by atoms with E-state index in [-0.39, 0.29) is 29.8 Å². The summed E-state index contributed by atoms with van der Waals surface area (Å²) in [6.07, 6.45) is 0. The van der Waals surface area contributed by atoms with Crippen molar-refractivity contribution >= 4 is 23.3 Å². The molecule has 3 aromatic rings. The summed E-state index contributed by atoms with van der Waals surface area (Å²) in [7, 11) is 1.58. The molecule has 0 unspecified atom stereocenters. The lowest BCUT2D eigenvalue weighted by Gasteiger charge is -2.20. The molecule has 0 fully saturated rings. The summed E-state index contributed by atoms with van der Waals surface area (Å²) in [5, 5.41) is 18.6. The molecular weight excluding hydrogens is 450 g/mol. The van der Waals surface area contributed by atoms with Crippen LogP contribution in [0.5, 0.6) is 5.75 Å². The van der Waals surface area contributed by atoms with Crippen molar-refractivity contribution in [3.05, 3.63) is 76.0 Å². The van der Waals surface area contributed by atoms with Gasteiger partial charge in [0.15, 0.2) is 0 Å². The number of rotatable bonds is 8. The molecule has 0 saturated heterocycles. The fraction of sp³-hybridized carbons (Fsp3) is 0.320. The van der Waals surface area contributed by atoms with Crippen LogP contribution in [-0.4, -0.2) is 51.6 Å². The molecule has 184 valence electrons. The Morgan fingerprint density at radius 3 is 2.40 bits per heavy atom. The van der Waals surface area contributed by atoms with Crippen molar-refractivity contribution in [2.75, 3.05) is 25.5 Å². The molecule has 0 bridgehead atoms. The van der Waals surface area contributed by atoms with Gasteiger partial charge in [-0.3, -0.25) is 19.7 Å². The molecule has 0 radical (unpaired) electrons. The Morgan fingerprint density at radius 1 is 1.14 bits per heavy atom. The van der Waals surface area contributed by atoms with Crippen molar-refractivity contribution in [3.63, 3.8) is 0 Å². The van der Waals surface area contributed by atoms with Gasteiger partial charge in [0.1, 0.15) is 18.1 Å². The predicted molar refractivity (Wildman–Crippen MR) is 132 cm³/mol. The number of nitro groups is 1. The number of nitro benzene ring substituents is 1. The number of hydrogen-bond donors (Lipinski definition) is 1. The smallest absolute Gasteiger partial charge is 0.270 e. The minimum absolute atomic E-state index is 0.146. The molecule has 0 aliphatic carbocycles. The fourth-order valence-corrected chi connectivity index (χ4v) is 3.37. The maximum atomic E-state index is 13.0. The minimum Gasteiger partial charge on any atom is -0.497 e. The number of methoxy groups -OCH3 is 1. The summed E-state index contributed by atoms with van der Waals surface area (Å²) in [5.41, 5.74) is 1.21. The lowest BCUT2D eigenvalue weighted by atomic mass is 9.92. The van der Waals surface area contributed by atoms with Crippen LogP contribution < -0.4 is 10.1 Å². The Balaban J connectivity index is 1.84. The van der Waals surface area contributed by atoms with Gasteiger partial charge in [-0.1, -0.05) is 26.8 Å². The Bertz CT molecular complexity index is 1230. The predicted octanol–water partition coefficient (Wildman–Crippen LogP) is 4.19. The van der Waals surface area contributed by atoms with Crippen LogP contribution in [0.3, 0.4) is 0 Å². The number of anilines is 1. The molecule has 0 saturated carbocycles. The number of benzene rings is 2. The normalized spacial score (nSPS) is 11.1. The quantitative estimate of drug-likeness (QED) is 0.382. The molecular formula is C25H29N5O5. The molecule has 0 aliphatic rings. The molecule has 10 nitrogen and oxygen atoms in total. The summed E-state index contributed by atoms with van der Waals surface area (Å²) in [6.45, 7) is 7.83. The van der Waals surface area contributed by atoms with Gasteiger partial charge < -0.3 is 15.0 Å². The van der Waals surface area contributed by atoms with E-state index in [1.807, 2.05) is 32.9 Å². The third-order valence-corrected chi connectivity index (χ3v) is 5.37. The van der Waals surface area contributed by atoms with E-state index in [0.29, 0.717) is 11.6 Å². The number of nitrogens with one attached hydrogen (secondary N) is 1. The summed E-state index contributed by atoms with van der Waals surface area (Å²) >= 11 is 0. The molecule has 1 heterocycles. The standard InChI is InChI=1S/C25H29N5O5/c1-6-28(24(32)17-8-7-9-19(14-17)30(33)34)16-23(31)26-22-15-21(25(2,3)4)27-29(22)18-10-12-20(35-5)13-11-18/h7-15H,6,16H2,1-5H3,(H,26,31). The maximum absolute atomic E-state index is 13.0. The van der Waals surface area contributed by atoms with Crippen LogP contribution in [0.15, 0.2) is 54.6 Å². The Hall–Kier alpha value is -4.21. The van der Waals surface area contributed by atoms with E-state index >= 15 is 0 Å². The largest absolute Gasteiger partial charge is 0.497 e. The molecule has 0 spiro atoms. The summed E-state index contributed by atoms with van der Waals surface area (Å²) in [5.74, 6) is 0.274. The van der Waals surface area contributed by atoms with Gasteiger partial charge in [-0.15, -0.1) is 0 Å². The second-order valence-electron chi connectivity index (χ2n) is 8.95. The first-order valence-corrected chi connectivity index (χ1v) is 11.1. The van der Waals surface area contributed by atoms with Gasteiger partial charge in [0.25, 0.3) is 11.6 Å². The third-order valence-electron chi connectivity index (χ3n) is 5.37.